The molecule has 1 aliphatic carbocycles. The first-order chi connectivity index (χ1) is 14.7. The van der Waals surface area contributed by atoms with Gasteiger partial charge in [-0.25, -0.2) is 0 Å². The predicted octanol–water partition coefficient (Wildman–Crippen LogP) is 5.06. The van der Waals surface area contributed by atoms with E-state index in [0.29, 0.717) is 18.7 Å². The van der Waals surface area contributed by atoms with Gasteiger partial charge in [0, 0.05) is 12.6 Å². The minimum atomic E-state index is -4.34. The quantitative estimate of drug-likeness (QED) is 0.632. The van der Waals surface area contributed by atoms with E-state index >= 15 is 0 Å². The van der Waals surface area contributed by atoms with Crippen molar-refractivity contribution in [2.24, 2.45) is 0 Å². The molecule has 7 heteroatoms. The number of likely N-dealkylation sites (N-methyl/N-ethyl adjacent to an activating group) is 1. The van der Waals surface area contributed by atoms with E-state index in [0.717, 1.165) is 42.7 Å². The number of aliphatic carboxylic acids is 1. The van der Waals surface area contributed by atoms with E-state index in [1.165, 1.54) is 17.7 Å². The van der Waals surface area contributed by atoms with Gasteiger partial charge in [-0.3, -0.25) is 4.79 Å². The summed E-state index contributed by atoms with van der Waals surface area (Å²) in [6.45, 7) is 0.811. The average molecular weight is 433 g/mol. The minimum Gasteiger partial charge on any atom is -0.489 e. The molecule has 0 heterocycles. The van der Waals surface area contributed by atoms with E-state index < -0.39 is 17.7 Å². The molecule has 0 bridgehead atoms. The van der Waals surface area contributed by atoms with Crippen LogP contribution in [0, 0.1) is 0 Å². The molecule has 0 aliphatic heterocycles. The molecule has 1 atom stereocenters. The number of nitrogens with zero attached hydrogens (tertiary/aromatic N) is 1. The van der Waals surface area contributed by atoms with E-state index in [2.05, 4.69) is 11.0 Å². The van der Waals surface area contributed by atoms with Gasteiger partial charge in [0.2, 0.25) is 0 Å². The van der Waals surface area contributed by atoms with Crippen molar-refractivity contribution < 1.29 is 27.8 Å². The fourth-order valence-electron chi connectivity index (χ4n) is 3.81. The molecule has 0 radical (unpaired) electrons. The van der Waals surface area contributed by atoms with Crippen LogP contribution in [-0.2, 0) is 23.8 Å². The Morgan fingerprint density at radius 3 is 2.65 bits per heavy atom. The lowest BCUT2D eigenvalue weighted by atomic mass is 9.87. The number of carboxylic acids is 1. The fourth-order valence-corrected chi connectivity index (χ4v) is 3.81. The van der Waals surface area contributed by atoms with Gasteiger partial charge >= 0.3 is 12.1 Å². The molecule has 0 spiro atoms. The Morgan fingerprint density at radius 2 is 1.97 bits per heavy atom. The number of rotatable bonds is 8. The number of carboxylic acid groups (broad SMARTS) is 1. The van der Waals surface area contributed by atoms with E-state index in [4.69, 9.17) is 9.84 Å². The summed E-state index contributed by atoms with van der Waals surface area (Å²) >= 11 is 0. The van der Waals surface area contributed by atoms with Crippen molar-refractivity contribution in [1.29, 1.82) is 0 Å². The number of aryl methyl sites for hydroxylation is 1. The first-order valence-electron chi connectivity index (χ1n) is 10.2. The highest BCUT2D eigenvalue weighted by Crippen LogP contribution is 2.32. The molecular weight excluding hydrogens is 407 g/mol. The summed E-state index contributed by atoms with van der Waals surface area (Å²) < 4.78 is 43.9. The van der Waals surface area contributed by atoms with Crippen molar-refractivity contribution in [3.8, 4) is 5.75 Å². The third-order valence-electron chi connectivity index (χ3n) is 5.60. The van der Waals surface area contributed by atoms with Gasteiger partial charge < -0.3 is 14.7 Å². The van der Waals surface area contributed by atoms with Crippen LogP contribution in [0.25, 0.3) is 6.08 Å². The third-order valence-corrected chi connectivity index (χ3v) is 5.60. The summed E-state index contributed by atoms with van der Waals surface area (Å²) in [5.74, 6) is -0.00202. The number of carbonyl (C=O) groups is 1. The van der Waals surface area contributed by atoms with Crippen LogP contribution in [0.3, 0.4) is 0 Å². The summed E-state index contributed by atoms with van der Waals surface area (Å²) in [6, 6.07) is 11.2. The highest BCUT2D eigenvalue weighted by molar-refractivity contribution is 5.66. The lowest BCUT2D eigenvalue weighted by Gasteiger charge is -2.33. The third kappa shape index (κ3) is 6.34. The average Bonchev–Trinajstić information content (AvgIpc) is 2.74. The molecule has 0 fully saturated rings. The van der Waals surface area contributed by atoms with Gasteiger partial charge in [-0.1, -0.05) is 30.3 Å². The first kappa shape index (κ1) is 22.9. The van der Waals surface area contributed by atoms with E-state index in [1.807, 2.05) is 19.2 Å². The second-order valence-electron chi connectivity index (χ2n) is 7.75. The minimum absolute atomic E-state index is 0.118. The van der Waals surface area contributed by atoms with Crippen LogP contribution in [0.1, 0.15) is 35.1 Å². The van der Waals surface area contributed by atoms with Crippen LogP contribution in [0.4, 0.5) is 13.2 Å². The Kier molecular flexibility index (Phi) is 7.38. The van der Waals surface area contributed by atoms with Gasteiger partial charge in [-0.05, 0) is 67.3 Å². The molecule has 1 N–H and O–H groups in total. The number of halogens is 3. The summed E-state index contributed by atoms with van der Waals surface area (Å²) in [5.41, 5.74) is 2.39. The van der Waals surface area contributed by atoms with Gasteiger partial charge in [0.1, 0.15) is 12.4 Å². The highest BCUT2D eigenvalue weighted by atomic mass is 19.4. The molecule has 0 aromatic heterocycles. The largest absolute Gasteiger partial charge is 0.489 e. The zero-order chi connectivity index (χ0) is 22.4. The molecule has 0 saturated heterocycles. The monoisotopic (exact) mass is 433 g/mol. The predicted molar refractivity (Wildman–Crippen MR) is 113 cm³/mol. The van der Waals surface area contributed by atoms with Crippen LogP contribution in [0.5, 0.6) is 5.75 Å². The van der Waals surface area contributed by atoms with Crippen molar-refractivity contribution in [3.63, 3.8) is 0 Å². The normalized spacial score (nSPS) is 16.5. The van der Waals surface area contributed by atoms with E-state index in [9.17, 15) is 18.0 Å². The zero-order valence-corrected chi connectivity index (χ0v) is 17.4. The molecule has 0 amide bonds. The zero-order valence-electron chi connectivity index (χ0n) is 17.4. The maximum Gasteiger partial charge on any atom is 0.416 e. The van der Waals surface area contributed by atoms with Gasteiger partial charge in [0.15, 0.2) is 0 Å². The molecule has 1 aliphatic rings. The summed E-state index contributed by atoms with van der Waals surface area (Å²) in [4.78, 5) is 12.9. The van der Waals surface area contributed by atoms with Crippen molar-refractivity contribution in [1.82, 2.24) is 4.90 Å². The number of fused-ring (bicyclic) bond motifs is 1. The molecule has 2 aromatic carbocycles. The fraction of sp³-hybridized carbons (Fsp3) is 0.375. The summed E-state index contributed by atoms with van der Waals surface area (Å²) in [7, 11) is 1.95. The molecular formula is C24H26F3NO3. The van der Waals surface area contributed by atoms with Gasteiger partial charge in [0.25, 0.3) is 0 Å². The van der Waals surface area contributed by atoms with Crippen LogP contribution < -0.4 is 4.74 Å². The molecule has 1 unspecified atom stereocenters. The number of ether oxygens (including phenoxy) is 1. The van der Waals surface area contributed by atoms with Crippen LogP contribution in [-0.4, -0.2) is 42.2 Å². The lowest BCUT2D eigenvalue weighted by Crippen LogP contribution is -2.37. The molecule has 0 saturated carbocycles. The lowest BCUT2D eigenvalue weighted by molar-refractivity contribution is -0.138. The Morgan fingerprint density at radius 1 is 1.23 bits per heavy atom. The summed E-state index contributed by atoms with van der Waals surface area (Å²) in [5, 5.41) is 8.91. The Balaban J connectivity index is 1.60. The number of hydrogen-bond acceptors (Lipinski definition) is 3. The van der Waals surface area contributed by atoms with Crippen molar-refractivity contribution in [2.75, 3.05) is 20.2 Å². The molecule has 166 valence electrons. The number of alkyl halides is 3. The number of benzene rings is 2. The second-order valence-corrected chi connectivity index (χ2v) is 7.75. The Bertz CT molecular complexity index is 923. The Labute approximate surface area is 179 Å². The number of hydrogen-bond donors (Lipinski definition) is 1. The van der Waals surface area contributed by atoms with Crippen LogP contribution in [0.2, 0.25) is 0 Å². The molecule has 31 heavy (non-hydrogen) atoms. The summed E-state index contributed by atoms with van der Waals surface area (Å²) in [6.07, 6.45) is 1.98. The van der Waals surface area contributed by atoms with Gasteiger partial charge in [0.05, 0.1) is 12.0 Å². The van der Waals surface area contributed by atoms with Gasteiger partial charge in [-0.15, -0.1) is 0 Å². The standard InChI is InChI=1S/C24H26F3NO3/c1-28(14-13-23(29)30)20-12-9-18-5-2-6-22(21(18)16-20)31-15-3-4-17-7-10-19(11-8-17)24(25,26)27/h2-8,10-11,20H,9,12-16H2,1H3,(H,29,30)/b4-3+. The molecule has 2 aromatic rings. The second kappa shape index (κ2) is 10.0. The van der Waals surface area contributed by atoms with E-state index in [1.54, 1.807) is 12.2 Å². The Hall–Kier alpha value is -2.80. The molecule has 4 nitrogen and oxygen atoms in total. The smallest absolute Gasteiger partial charge is 0.416 e. The maximum absolute atomic E-state index is 12.6. The first-order valence-corrected chi connectivity index (χ1v) is 10.2. The van der Waals surface area contributed by atoms with Crippen molar-refractivity contribution in [2.45, 2.75) is 37.9 Å². The maximum atomic E-state index is 12.6. The topological polar surface area (TPSA) is 49.8 Å². The highest BCUT2D eigenvalue weighted by Gasteiger charge is 2.29. The van der Waals surface area contributed by atoms with Crippen LogP contribution in [0.15, 0.2) is 48.5 Å². The SMILES string of the molecule is CN(CCC(=O)O)C1CCc2cccc(OC/C=C/c3ccc(C(F)(F)F)cc3)c2C1. The van der Waals surface area contributed by atoms with Crippen molar-refractivity contribution in [3.05, 3.63) is 70.8 Å². The molecule has 3 rings (SSSR count). The van der Waals surface area contributed by atoms with Crippen LogP contribution >= 0.6 is 0 Å². The van der Waals surface area contributed by atoms with Crippen molar-refractivity contribution >= 4 is 12.0 Å². The van der Waals surface area contributed by atoms with E-state index in [-0.39, 0.29) is 12.5 Å². The van der Waals surface area contributed by atoms with Gasteiger partial charge in [-0.2, -0.15) is 13.2 Å².